The highest BCUT2D eigenvalue weighted by molar-refractivity contribution is 9.10. The van der Waals surface area contributed by atoms with Gasteiger partial charge in [-0.05, 0) is 43.0 Å². The summed E-state index contributed by atoms with van der Waals surface area (Å²) in [7, 11) is 1.76. The number of halogens is 1. The Bertz CT molecular complexity index is 1210. The minimum atomic E-state index is -0.950. The number of benzene rings is 2. The minimum absolute atomic E-state index is 0.0596. The molecule has 34 heavy (non-hydrogen) atoms. The van der Waals surface area contributed by atoms with Gasteiger partial charge in [0.25, 0.3) is 0 Å². The fourth-order valence-corrected chi connectivity index (χ4v) is 4.88. The lowest BCUT2D eigenvalue weighted by atomic mass is 9.84. The number of aromatic nitrogens is 2. The molecule has 0 spiro atoms. The predicted octanol–water partition coefficient (Wildman–Crippen LogP) is 4.33. The normalized spacial score (nSPS) is 16.2. The predicted molar refractivity (Wildman–Crippen MR) is 139 cm³/mol. The van der Waals surface area contributed by atoms with Crippen LogP contribution in [0, 0.1) is 11.6 Å². The molecule has 9 heteroatoms. The highest BCUT2D eigenvalue weighted by atomic mass is 79.9. The van der Waals surface area contributed by atoms with Gasteiger partial charge in [-0.3, -0.25) is 4.79 Å². The molecule has 3 aromatic rings. The third-order valence-electron chi connectivity index (χ3n) is 6.38. The van der Waals surface area contributed by atoms with Gasteiger partial charge >= 0.3 is 0 Å². The van der Waals surface area contributed by atoms with Crippen LogP contribution in [0.15, 0.2) is 65.4 Å². The first-order valence-corrected chi connectivity index (χ1v) is 12.4. The lowest BCUT2D eigenvalue weighted by Gasteiger charge is -2.40. The molecule has 1 aliphatic rings. The van der Waals surface area contributed by atoms with Crippen LogP contribution in [-0.4, -0.2) is 45.6 Å². The molecule has 1 atom stereocenters. The van der Waals surface area contributed by atoms with Gasteiger partial charge in [0.2, 0.25) is 5.91 Å². The van der Waals surface area contributed by atoms with Gasteiger partial charge in [-0.15, -0.1) is 0 Å². The van der Waals surface area contributed by atoms with E-state index in [0.29, 0.717) is 36.4 Å². The zero-order valence-electron chi connectivity index (χ0n) is 19.2. The van der Waals surface area contributed by atoms with E-state index < -0.39 is 11.6 Å². The van der Waals surface area contributed by atoms with E-state index in [9.17, 15) is 9.90 Å². The number of hydrazine groups is 1. The highest BCUT2D eigenvalue weighted by Gasteiger charge is 2.38. The Morgan fingerprint density at radius 1 is 1.15 bits per heavy atom. The van der Waals surface area contributed by atoms with Crippen molar-refractivity contribution in [3.05, 3.63) is 86.7 Å². The second-order valence-corrected chi connectivity index (χ2v) is 9.78. The maximum atomic E-state index is 13.9. The fourth-order valence-electron chi connectivity index (χ4n) is 4.37. The molecular formula is C25H28BrN5O2S. The summed E-state index contributed by atoms with van der Waals surface area (Å²) in [6.07, 6.45) is 2.55. The molecule has 1 saturated heterocycles. The van der Waals surface area contributed by atoms with Crippen LogP contribution in [0.5, 0.6) is 0 Å². The number of carbonyl (C=O) groups is 1. The number of carbonyl (C=O) groups excluding carboxylic acids is 1. The highest BCUT2D eigenvalue weighted by Crippen LogP contribution is 2.35. The van der Waals surface area contributed by atoms with E-state index >= 15 is 0 Å². The number of hydrogen-bond donors (Lipinski definition) is 3. The number of rotatable bonds is 6. The number of nitrogens with one attached hydrogen (secondary N) is 2. The second kappa shape index (κ2) is 10.4. The fraction of sp³-hybridized carbons (Fsp3) is 0.320. The topological polar surface area (TPSA) is 82.4 Å². The summed E-state index contributed by atoms with van der Waals surface area (Å²) >= 11 is 9.19. The average molecular weight is 543 g/mol. The first-order valence-electron chi connectivity index (χ1n) is 11.2. The molecule has 3 N–H and O–H groups in total. The Morgan fingerprint density at radius 2 is 1.79 bits per heavy atom. The van der Waals surface area contributed by atoms with E-state index in [1.807, 2.05) is 66.4 Å². The lowest BCUT2D eigenvalue weighted by molar-refractivity contribution is -0.138. The SMILES string of the molecule is CNNc1ncn(C(C(=O)N2CCC(O)(c3ccc(Br)cc3)CC2)c2ccccc2)c(=S)c1C. The minimum Gasteiger partial charge on any atom is -0.385 e. The summed E-state index contributed by atoms with van der Waals surface area (Å²) in [5, 5.41) is 11.3. The van der Waals surface area contributed by atoms with Crippen LogP contribution < -0.4 is 10.9 Å². The van der Waals surface area contributed by atoms with Crippen LogP contribution in [0.4, 0.5) is 5.82 Å². The molecule has 1 unspecified atom stereocenters. The van der Waals surface area contributed by atoms with Gasteiger partial charge in [0, 0.05) is 30.2 Å². The van der Waals surface area contributed by atoms with Gasteiger partial charge in [0.15, 0.2) is 0 Å². The van der Waals surface area contributed by atoms with E-state index in [-0.39, 0.29) is 5.91 Å². The van der Waals surface area contributed by atoms with Crippen molar-refractivity contribution in [1.29, 1.82) is 0 Å². The molecule has 1 amide bonds. The van der Waals surface area contributed by atoms with Crippen molar-refractivity contribution in [2.45, 2.75) is 31.4 Å². The summed E-state index contributed by atoms with van der Waals surface area (Å²) in [5.41, 5.74) is 7.38. The van der Waals surface area contributed by atoms with Crippen molar-refractivity contribution in [2.75, 3.05) is 25.6 Å². The lowest BCUT2D eigenvalue weighted by Crippen LogP contribution is -2.47. The number of anilines is 1. The summed E-state index contributed by atoms with van der Waals surface area (Å²) in [6.45, 7) is 2.79. The third-order valence-corrected chi connectivity index (χ3v) is 7.42. The van der Waals surface area contributed by atoms with Gasteiger partial charge in [-0.2, -0.15) is 0 Å². The molecule has 7 nitrogen and oxygen atoms in total. The molecule has 1 aromatic heterocycles. The van der Waals surface area contributed by atoms with Crippen LogP contribution >= 0.6 is 28.1 Å². The Kier molecular flexibility index (Phi) is 7.47. The first kappa shape index (κ1) is 24.5. The molecule has 1 aliphatic heterocycles. The largest absolute Gasteiger partial charge is 0.385 e. The zero-order chi connectivity index (χ0) is 24.3. The van der Waals surface area contributed by atoms with Gasteiger partial charge in [-0.1, -0.05) is 70.6 Å². The Labute approximate surface area is 212 Å². The van der Waals surface area contributed by atoms with E-state index in [1.54, 1.807) is 17.9 Å². The first-order chi connectivity index (χ1) is 16.3. The van der Waals surface area contributed by atoms with Gasteiger partial charge in [0.05, 0.1) is 11.9 Å². The average Bonchev–Trinajstić information content (AvgIpc) is 2.85. The quantitative estimate of drug-likeness (QED) is 0.318. The molecule has 2 aromatic carbocycles. The summed E-state index contributed by atoms with van der Waals surface area (Å²) in [6, 6.07) is 16.7. The van der Waals surface area contributed by atoms with Gasteiger partial charge in [0.1, 0.15) is 16.5 Å². The number of amides is 1. The van der Waals surface area contributed by atoms with Crippen LogP contribution in [0.2, 0.25) is 0 Å². The molecule has 0 saturated carbocycles. The summed E-state index contributed by atoms with van der Waals surface area (Å²) in [4.78, 5) is 20.2. The van der Waals surface area contributed by atoms with E-state index in [1.165, 1.54) is 0 Å². The van der Waals surface area contributed by atoms with Crippen LogP contribution in [0.25, 0.3) is 0 Å². The molecule has 178 valence electrons. The molecule has 4 rings (SSSR count). The van der Waals surface area contributed by atoms with E-state index in [0.717, 1.165) is 21.2 Å². The van der Waals surface area contributed by atoms with Crippen LogP contribution in [0.3, 0.4) is 0 Å². The van der Waals surface area contributed by atoms with Crippen molar-refractivity contribution in [1.82, 2.24) is 19.9 Å². The third kappa shape index (κ3) is 4.93. The monoisotopic (exact) mass is 541 g/mol. The number of likely N-dealkylation sites (tertiary alicyclic amines) is 1. The van der Waals surface area contributed by atoms with Gasteiger partial charge in [-0.25, -0.2) is 10.4 Å². The van der Waals surface area contributed by atoms with Crippen molar-refractivity contribution < 1.29 is 9.90 Å². The van der Waals surface area contributed by atoms with Crippen LogP contribution in [-0.2, 0) is 10.4 Å². The molecular weight excluding hydrogens is 514 g/mol. The number of aliphatic hydroxyl groups is 1. The molecule has 1 fully saturated rings. The van der Waals surface area contributed by atoms with E-state index in [4.69, 9.17) is 12.2 Å². The second-order valence-electron chi connectivity index (χ2n) is 8.48. The smallest absolute Gasteiger partial charge is 0.250 e. The number of piperidine rings is 1. The number of hydrogen-bond acceptors (Lipinski definition) is 6. The van der Waals surface area contributed by atoms with Crippen LogP contribution in [0.1, 0.15) is 35.6 Å². The van der Waals surface area contributed by atoms with Crippen molar-refractivity contribution in [3.63, 3.8) is 0 Å². The Balaban J connectivity index is 1.63. The van der Waals surface area contributed by atoms with Crippen molar-refractivity contribution in [2.24, 2.45) is 0 Å². The zero-order valence-corrected chi connectivity index (χ0v) is 21.6. The van der Waals surface area contributed by atoms with Crippen molar-refractivity contribution in [3.8, 4) is 0 Å². The summed E-state index contributed by atoms with van der Waals surface area (Å²) in [5.74, 6) is 0.566. The Morgan fingerprint density at radius 3 is 2.41 bits per heavy atom. The molecule has 0 aliphatic carbocycles. The molecule has 0 radical (unpaired) electrons. The number of nitrogens with zero attached hydrogens (tertiary/aromatic N) is 3. The van der Waals surface area contributed by atoms with E-state index in [2.05, 4.69) is 31.8 Å². The van der Waals surface area contributed by atoms with Crippen molar-refractivity contribution >= 4 is 39.9 Å². The van der Waals surface area contributed by atoms with Gasteiger partial charge < -0.3 is 20.0 Å². The maximum absolute atomic E-state index is 13.9. The Hall–Kier alpha value is -2.59. The standard InChI is InChI=1S/C25H28BrN5O2S/c1-17-22(29-27-2)28-16-31(24(17)34)21(18-6-4-3-5-7-18)23(32)30-14-12-25(33,13-15-30)19-8-10-20(26)11-9-19/h3-11,16,21,27,29,33H,12-15H2,1-2H3. The molecule has 2 heterocycles. The molecule has 0 bridgehead atoms. The maximum Gasteiger partial charge on any atom is 0.250 e. The summed E-state index contributed by atoms with van der Waals surface area (Å²) < 4.78 is 3.27.